The number of hydrogen-bond acceptors (Lipinski definition) is 5. The Balaban J connectivity index is 1.64. The maximum Gasteiger partial charge on any atom is 0.220 e. The summed E-state index contributed by atoms with van der Waals surface area (Å²) in [4.78, 5) is 30.9. The molecule has 2 saturated heterocycles. The van der Waals surface area contributed by atoms with E-state index < -0.39 is 5.41 Å². The van der Waals surface area contributed by atoms with Gasteiger partial charge >= 0.3 is 0 Å². The molecule has 36 heavy (non-hydrogen) atoms. The van der Waals surface area contributed by atoms with Crippen molar-refractivity contribution < 1.29 is 14.3 Å². The number of Topliss-reactive ketones (excluding diaryl/α,β-unsaturated/α-hetero) is 1. The van der Waals surface area contributed by atoms with Crippen LogP contribution in [0.1, 0.15) is 115 Å². The summed E-state index contributed by atoms with van der Waals surface area (Å²) in [6.07, 6.45) is 8.47. The van der Waals surface area contributed by atoms with Gasteiger partial charge in [-0.15, -0.1) is 11.3 Å². The van der Waals surface area contributed by atoms with Crippen LogP contribution >= 0.6 is 11.3 Å². The molecule has 4 atom stereocenters. The first kappa shape index (κ1) is 27.3. The molecule has 4 rings (SSSR count). The molecule has 2 aliphatic heterocycles. The summed E-state index contributed by atoms with van der Waals surface area (Å²) in [5.74, 6) is 0.796. The van der Waals surface area contributed by atoms with Gasteiger partial charge in [0.1, 0.15) is 5.78 Å². The molecular weight excluding hydrogens is 468 g/mol. The van der Waals surface area contributed by atoms with Gasteiger partial charge in [0.05, 0.1) is 32.5 Å². The summed E-state index contributed by atoms with van der Waals surface area (Å²) in [6, 6.07) is 6.25. The second-order valence-corrected chi connectivity index (χ2v) is 13.4. The van der Waals surface area contributed by atoms with Gasteiger partial charge in [-0.2, -0.15) is 0 Å². The van der Waals surface area contributed by atoms with Crippen LogP contribution in [0.2, 0.25) is 0 Å². The molecule has 0 aliphatic carbocycles. The zero-order valence-electron chi connectivity index (χ0n) is 23.0. The maximum absolute atomic E-state index is 13.3. The zero-order chi connectivity index (χ0) is 26.1. The minimum absolute atomic E-state index is 0.00453. The molecule has 6 heteroatoms. The minimum atomic E-state index is -0.484. The number of aromatic nitrogens is 1. The first-order chi connectivity index (χ1) is 17.0. The van der Waals surface area contributed by atoms with Crippen LogP contribution in [0.15, 0.2) is 18.2 Å². The molecule has 1 N–H and O–H groups in total. The molecule has 4 unspecified atom stereocenters. The lowest BCUT2D eigenvalue weighted by Gasteiger charge is -2.27. The SMILES string of the molecule is CCCC12CC(c3ccc4sc(C)nc4c3)NC(=O)CCC(C)(C)C(=O)CCC(C)CCCC1(C)O2. The highest BCUT2D eigenvalue weighted by molar-refractivity contribution is 7.18. The highest BCUT2D eigenvalue weighted by Crippen LogP contribution is 2.58. The number of aryl methyl sites for hydroxylation is 1. The van der Waals surface area contributed by atoms with Crippen LogP contribution in [0.25, 0.3) is 10.2 Å². The normalized spacial score (nSPS) is 32.2. The fourth-order valence-electron chi connectivity index (χ4n) is 6.10. The number of ketones is 1. The smallest absolute Gasteiger partial charge is 0.220 e. The van der Waals surface area contributed by atoms with E-state index in [1.807, 2.05) is 20.8 Å². The van der Waals surface area contributed by atoms with Crippen molar-refractivity contribution in [3.05, 3.63) is 28.8 Å². The molecule has 1 aromatic carbocycles. The number of hydrogen-bond donors (Lipinski definition) is 1. The van der Waals surface area contributed by atoms with Gasteiger partial charge in [0.15, 0.2) is 0 Å². The van der Waals surface area contributed by atoms with Gasteiger partial charge in [0.25, 0.3) is 0 Å². The Bertz CT molecular complexity index is 1110. The van der Waals surface area contributed by atoms with Crippen molar-refractivity contribution in [3.63, 3.8) is 0 Å². The number of carbonyl (C=O) groups excluding carboxylic acids is 2. The summed E-state index contributed by atoms with van der Waals surface area (Å²) < 4.78 is 7.77. The lowest BCUT2D eigenvalue weighted by molar-refractivity contribution is -0.128. The van der Waals surface area contributed by atoms with E-state index in [0.717, 1.165) is 61.0 Å². The van der Waals surface area contributed by atoms with E-state index in [-0.39, 0.29) is 28.9 Å². The topological polar surface area (TPSA) is 71.6 Å². The molecule has 0 bridgehead atoms. The van der Waals surface area contributed by atoms with E-state index in [2.05, 4.69) is 44.3 Å². The average molecular weight is 513 g/mol. The van der Waals surface area contributed by atoms with Crippen molar-refractivity contribution in [2.45, 2.75) is 123 Å². The van der Waals surface area contributed by atoms with Crippen LogP contribution in [-0.2, 0) is 14.3 Å². The average Bonchev–Trinajstić information content (AvgIpc) is 3.17. The van der Waals surface area contributed by atoms with E-state index in [0.29, 0.717) is 25.2 Å². The Morgan fingerprint density at radius 1 is 1.14 bits per heavy atom. The van der Waals surface area contributed by atoms with Crippen molar-refractivity contribution in [1.82, 2.24) is 10.3 Å². The lowest BCUT2D eigenvalue weighted by Crippen LogP contribution is -2.36. The van der Waals surface area contributed by atoms with Crippen LogP contribution in [0.5, 0.6) is 0 Å². The Hall–Kier alpha value is -1.79. The van der Waals surface area contributed by atoms with Gasteiger partial charge < -0.3 is 10.1 Å². The molecule has 1 amide bonds. The highest BCUT2D eigenvalue weighted by atomic mass is 32.1. The number of thiazole rings is 1. The molecule has 0 spiro atoms. The predicted octanol–water partition coefficient (Wildman–Crippen LogP) is 7.46. The molecule has 3 heterocycles. The van der Waals surface area contributed by atoms with Crippen molar-refractivity contribution in [3.8, 4) is 0 Å². The minimum Gasteiger partial charge on any atom is -0.363 e. The largest absolute Gasteiger partial charge is 0.363 e. The quantitative estimate of drug-likeness (QED) is 0.433. The Kier molecular flexibility index (Phi) is 7.97. The molecule has 2 aliphatic rings. The van der Waals surface area contributed by atoms with Crippen LogP contribution in [0.3, 0.4) is 0 Å². The number of nitrogens with one attached hydrogen (secondary N) is 1. The molecule has 5 nitrogen and oxygen atoms in total. The van der Waals surface area contributed by atoms with Crippen LogP contribution in [-0.4, -0.2) is 27.9 Å². The molecular formula is C30H44N2O3S. The van der Waals surface area contributed by atoms with Crippen LogP contribution < -0.4 is 5.32 Å². The van der Waals surface area contributed by atoms with Gasteiger partial charge in [0, 0.05) is 24.7 Å². The summed E-state index contributed by atoms with van der Waals surface area (Å²) in [5, 5.41) is 4.40. The molecule has 2 aromatic rings. The standard InChI is InChI=1S/C30H44N2O3S/c1-7-15-30-19-24(22-11-12-25-23(18-22)31-21(3)36-25)32-27(34)14-17-28(4,5)26(33)13-10-20(2)9-8-16-29(30,6)35-30/h11-12,18,20,24H,7-10,13-17,19H2,1-6H3,(H,32,34). The number of nitrogens with zero attached hydrogens (tertiary/aromatic N) is 1. The van der Waals surface area contributed by atoms with Crippen molar-refractivity contribution in [1.29, 1.82) is 0 Å². The number of amides is 1. The van der Waals surface area contributed by atoms with Gasteiger partial charge in [-0.3, -0.25) is 9.59 Å². The highest BCUT2D eigenvalue weighted by Gasteiger charge is 2.65. The van der Waals surface area contributed by atoms with Crippen molar-refractivity contribution in [2.24, 2.45) is 11.3 Å². The van der Waals surface area contributed by atoms with E-state index >= 15 is 0 Å². The fraction of sp³-hybridized carbons (Fsp3) is 0.700. The van der Waals surface area contributed by atoms with E-state index in [4.69, 9.17) is 9.72 Å². The predicted molar refractivity (Wildman–Crippen MR) is 147 cm³/mol. The first-order valence-corrected chi connectivity index (χ1v) is 14.7. The van der Waals surface area contributed by atoms with Gasteiger partial charge in [-0.1, -0.05) is 53.0 Å². The second kappa shape index (κ2) is 10.5. The third kappa shape index (κ3) is 5.85. The van der Waals surface area contributed by atoms with E-state index in [1.165, 1.54) is 4.70 Å². The molecule has 0 saturated carbocycles. The van der Waals surface area contributed by atoms with Crippen LogP contribution in [0.4, 0.5) is 0 Å². The molecule has 2 fully saturated rings. The zero-order valence-corrected chi connectivity index (χ0v) is 23.9. The molecule has 1 aromatic heterocycles. The number of rotatable bonds is 3. The first-order valence-electron chi connectivity index (χ1n) is 13.9. The molecule has 0 radical (unpaired) electrons. The summed E-state index contributed by atoms with van der Waals surface area (Å²) in [5.41, 5.74) is 1.20. The molecule has 198 valence electrons. The number of fused-ring (bicyclic) bond motifs is 2. The maximum atomic E-state index is 13.3. The second-order valence-electron chi connectivity index (χ2n) is 12.2. The van der Waals surface area contributed by atoms with E-state index in [9.17, 15) is 9.59 Å². The van der Waals surface area contributed by atoms with Gasteiger partial charge in [-0.25, -0.2) is 4.98 Å². The van der Waals surface area contributed by atoms with Crippen molar-refractivity contribution in [2.75, 3.05) is 0 Å². The Labute approximate surface area is 220 Å². The third-order valence-corrected chi connectivity index (χ3v) is 9.69. The number of ether oxygens (including phenoxy) is 1. The third-order valence-electron chi connectivity index (χ3n) is 8.73. The number of carbonyl (C=O) groups is 2. The van der Waals surface area contributed by atoms with E-state index in [1.54, 1.807) is 11.3 Å². The number of epoxide rings is 1. The summed E-state index contributed by atoms with van der Waals surface area (Å²) in [7, 11) is 0. The number of benzene rings is 1. The lowest BCUT2D eigenvalue weighted by atomic mass is 9.78. The van der Waals surface area contributed by atoms with Gasteiger partial charge in [0.2, 0.25) is 5.91 Å². The van der Waals surface area contributed by atoms with Gasteiger partial charge in [-0.05, 0) is 63.1 Å². The van der Waals surface area contributed by atoms with Crippen molar-refractivity contribution >= 4 is 33.2 Å². The Morgan fingerprint density at radius 2 is 1.92 bits per heavy atom. The van der Waals surface area contributed by atoms with Crippen LogP contribution in [0, 0.1) is 18.3 Å². The summed E-state index contributed by atoms with van der Waals surface area (Å²) >= 11 is 1.70. The summed E-state index contributed by atoms with van der Waals surface area (Å²) in [6.45, 7) is 12.8. The Morgan fingerprint density at radius 3 is 2.67 bits per heavy atom. The monoisotopic (exact) mass is 512 g/mol. The fourth-order valence-corrected chi connectivity index (χ4v) is 6.91.